The van der Waals surface area contributed by atoms with E-state index >= 15 is 0 Å². The number of benzene rings is 2. The molecule has 5 heteroatoms. The molecule has 20 heavy (non-hydrogen) atoms. The van der Waals surface area contributed by atoms with Crippen molar-refractivity contribution in [2.45, 2.75) is 0 Å². The molecule has 0 amide bonds. The summed E-state index contributed by atoms with van der Waals surface area (Å²) in [5.74, 6) is 1.25. The maximum atomic E-state index is 6.37. The summed E-state index contributed by atoms with van der Waals surface area (Å²) in [4.78, 5) is 0. The van der Waals surface area contributed by atoms with Crippen LogP contribution in [0, 0.1) is 0 Å². The second-order valence-corrected chi connectivity index (χ2v) is 4.99. The number of ether oxygens (including phenoxy) is 1. The van der Waals surface area contributed by atoms with Gasteiger partial charge in [0.2, 0.25) is 0 Å². The fourth-order valence-corrected chi connectivity index (χ4v) is 2.38. The highest BCUT2D eigenvalue weighted by molar-refractivity contribution is 6.34. The van der Waals surface area contributed by atoms with Crippen LogP contribution >= 0.6 is 23.2 Å². The molecule has 0 aliphatic carbocycles. The minimum Gasteiger partial charge on any atom is -0.492 e. The fraction of sp³-hybridized carbons (Fsp3) is 0.133. The van der Waals surface area contributed by atoms with Crippen LogP contribution in [0.25, 0.3) is 16.6 Å². The van der Waals surface area contributed by atoms with Crippen LogP contribution in [0.4, 0.5) is 0 Å². The third-order valence-electron chi connectivity index (χ3n) is 2.95. The molecular weight excluding hydrogens is 295 g/mol. The zero-order valence-electron chi connectivity index (χ0n) is 10.6. The maximum Gasteiger partial charge on any atom is 0.140 e. The normalized spacial score (nSPS) is 10.9. The van der Waals surface area contributed by atoms with Crippen molar-refractivity contribution in [2.24, 2.45) is 0 Å². The van der Waals surface area contributed by atoms with Gasteiger partial charge in [-0.25, -0.2) is 4.68 Å². The Hall–Kier alpha value is -1.71. The van der Waals surface area contributed by atoms with E-state index in [9.17, 15) is 0 Å². The van der Waals surface area contributed by atoms with Crippen molar-refractivity contribution in [3.63, 3.8) is 0 Å². The predicted octanol–water partition coefficient (Wildman–Crippen LogP) is 4.30. The average molecular weight is 307 g/mol. The summed E-state index contributed by atoms with van der Waals surface area (Å²) in [7, 11) is 0. The van der Waals surface area contributed by atoms with Crippen LogP contribution in [-0.4, -0.2) is 22.3 Å². The summed E-state index contributed by atoms with van der Waals surface area (Å²) < 4.78 is 7.16. The van der Waals surface area contributed by atoms with Crippen molar-refractivity contribution in [3.8, 4) is 11.4 Å². The summed E-state index contributed by atoms with van der Waals surface area (Å²) >= 11 is 12.0. The monoisotopic (exact) mass is 306 g/mol. The van der Waals surface area contributed by atoms with Crippen molar-refractivity contribution < 1.29 is 4.74 Å². The van der Waals surface area contributed by atoms with Crippen LogP contribution in [0.2, 0.25) is 5.15 Å². The molecule has 3 rings (SSSR count). The second kappa shape index (κ2) is 5.73. The Balaban J connectivity index is 1.96. The van der Waals surface area contributed by atoms with Crippen LogP contribution in [0.15, 0.2) is 48.5 Å². The first-order chi connectivity index (χ1) is 9.79. The molecule has 0 spiro atoms. The molecule has 0 bridgehead atoms. The highest BCUT2D eigenvalue weighted by Crippen LogP contribution is 2.26. The van der Waals surface area contributed by atoms with Gasteiger partial charge in [-0.2, -0.15) is 5.10 Å². The number of aromatic nitrogens is 2. The van der Waals surface area contributed by atoms with Crippen LogP contribution in [0.1, 0.15) is 0 Å². The van der Waals surface area contributed by atoms with Gasteiger partial charge >= 0.3 is 0 Å². The molecule has 1 heterocycles. The van der Waals surface area contributed by atoms with Gasteiger partial charge in [0, 0.05) is 5.39 Å². The van der Waals surface area contributed by atoms with E-state index < -0.39 is 0 Å². The van der Waals surface area contributed by atoms with Crippen LogP contribution in [0.5, 0.6) is 5.75 Å². The van der Waals surface area contributed by atoms with Crippen molar-refractivity contribution in [2.75, 3.05) is 12.5 Å². The lowest BCUT2D eigenvalue weighted by Gasteiger charge is -2.06. The number of hydrogen-bond donors (Lipinski definition) is 0. The van der Waals surface area contributed by atoms with Gasteiger partial charge in [-0.3, -0.25) is 0 Å². The third kappa shape index (κ3) is 2.47. The minimum atomic E-state index is 0.470. The molecule has 0 aliphatic heterocycles. The number of nitrogens with zero attached hydrogens (tertiary/aromatic N) is 2. The summed E-state index contributed by atoms with van der Waals surface area (Å²) in [6.07, 6.45) is 0. The molecule has 0 saturated heterocycles. The smallest absolute Gasteiger partial charge is 0.140 e. The Morgan fingerprint density at radius 1 is 1.05 bits per heavy atom. The van der Waals surface area contributed by atoms with E-state index in [1.165, 1.54) is 0 Å². The van der Waals surface area contributed by atoms with Gasteiger partial charge in [-0.05, 0) is 36.4 Å². The molecule has 0 N–H and O–H groups in total. The van der Waals surface area contributed by atoms with E-state index in [1.807, 2.05) is 48.5 Å². The van der Waals surface area contributed by atoms with Crippen molar-refractivity contribution in [1.29, 1.82) is 0 Å². The Morgan fingerprint density at radius 3 is 2.50 bits per heavy atom. The lowest BCUT2D eigenvalue weighted by molar-refractivity contribution is 0.343. The van der Waals surface area contributed by atoms with Gasteiger partial charge in [0.25, 0.3) is 0 Å². The Labute approximate surface area is 126 Å². The van der Waals surface area contributed by atoms with Crippen LogP contribution in [-0.2, 0) is 0 Å². The Morgan fingerprint density at radius 2 is 1.80 bits per heavy atom. The number of hydrogen-bond acceptors (Lipinski definition) is 2. The fourth-order valence-electron chi connectivity index (χ4n) is 2.01. The van der Waals surface area contributed by atoms with Crippen molar-refractivity contribution in [1.82, 2.24) is 9.78 Å². The van der Waals surface area contributed by atoms with Gasteiger partial charge in [0.1, 0.15) is 17.5 Å². The van der Waals surface area contributed by atoms with E-state index in [0.717, 1.165) is 22.3 Å². The van der Waals surface area contributed by atoms with Gasteiger partial charge in [0.05, 0.1) is 17.1 Å². The third-order valence-corrected chi connectivity index (χ3v) is 3.47. The lowest BCUT2D eigenvalue weighted by atomic mass is 10.2. The van der Waals surface area contributed by atoms with Crippen LogP contribution < -0.4 is 4.74 Å². The van der Waals surface area contributed by atoms with E-state index in [1.54, 1.807) is 4.68 Å². The van der Waals surface area contributed by atoms with Crippen LogP contribution in [0.3, 0.4) is 0 Å². The number of rotatable bonds is 4. The van der Waals surface area contributed by atoms with E-state index in [2.05, 4.69) is 5.10 Å². The van der Waals surface area contributed by atoms with Crippen molar-refractivity contribution >= 4 is 34.1 Å². The summed E-state index contributed by atoms with van der Waals surface area (Å²) in [6.45, 7) is 0.493. The van der Waals surface area contributed by atoms with Gasteiger partial charge in [-0.15, -0.1) is 11.6 Å². The second-order valence-electron chi connectivity index (χ2n) is 4.25. The number of halogens is 2. The highest BCUT2D eigenvalue weighted by Gasteiger charge is 2.09. The summed E-state index contributed by atoms with van der Waals surface area (Å²) in [5, 5.41) is 6.04. The first kappa shape index (κ1) is 13.3. The Bertz CT molecular complexity index is 722. The largest absolute Gasteiger partial charge is 0.492 e. The minimum absolute atomic E-state index is 0.470. The molecule has 0 fully saturated rings. The summed E-state index contributed by atoms with van der Waals surface area (Å²) in [6, 6.07) is 15.4. The molecule has 0 atom stereocenters. The first-order valence-corrected chi connectivity index (χ1v) is 7.13. The highest BCUT2D eigenvalue weighted by atomic mass is 35.5. The topological polar surface area (TPSA) is 27.1 Å². The Kier molecular flexibility index (Phi) is 3.81. The number of fused-ring (bicyclic) bond motifs is 1. The van der Waals surface area contributed by atoms with E-state index in [4.69, 9.17) is 27.9 Å². The molecule has 3 nitrogen and oxygen atoms in total. The number of alkyl halides is 1. The van der Waals surface area contributed by atoms with Crippen molar-refractivity contribution in [3.05, 3.63) is 53.7 Å². The maximum absolute atomic E-state index is 6.37. The first-order valence-electron chi connectivity index (χ1n) is 6.22. The molecule has 0 radical (unpaired) electrons. The molecule has 0 saturated carbocycles. The molecule has 3 aromatic rings. The van der Waals surface area contributed by atoms with Gasteiger partial charge in [0.15, 0.2) is 0 Å². The lowest BCUT2D eigenvalue weighted by Crippen LogP contribution is -1.99. The standard InChI is InChI=1S/C15H12Cl2N2O/c16-9-10-20-12-7-5-11(6-8-12)19-15(17)13-3-1-2-4-14(13)18-19/h1-8H,9-10H2. The molecule has 0 unspecified atom stereocenters. The predicted molar refractivity (Wildman–Crippen MR) is 82.3 cm³/mol. The van der Waals surface area contributed by atoms with Gasteiger partial charge in [-0.1, -0.05) is 23.7 Å². The molecule has 0 aliphatic rings. The van der Waals surface area contributed by atoms with Gasteiger partial charge < -0.3 is 4.74 Å². The quantitative estimate of drug-likeness (QED) is 0.672. The molecule has 2 aromatic carbocycles. The zero-order valence-corrected chi connectivity index (χ0v) is 12.1. The summed E-state index contributed by atoms with van der Waals surface area (Å²) in [5.41, 5.74) is 1.77. The molecule has 1 aromatic heterocycles. The zero-order chi connectivity index (χ0) is 13.9. The SMILES string of the molecule is ClCCOc1ccc(-n2nc3ccccc3c2Cl)cc1. The average Bonchev–Trinajstić information content (AvgIpc) is 2.83. The molecular formula is C15H12Cl2N2O. The molecule has 102 valence electrons. The van der Waals surface area contributed by atoms with E-state index in [0.29, 0.717) is 17.6 Å². The van der Waals surface area contributed by atoms with E-state index in [-0.39, 0.29) is 0 Å².